The zero-order valence-corrected chi connectivity index (χ0v) is 14.5. The van der Waals surface area contributed by atoms with Crippen LogP contribution in [-0.2, 0) is 6.42 Å². The smallest absolute Gasteiger partial charge is 0.226 e. The Balaban J connectivity index is 1.51. The Morgan fingerprint density at radius 1 is 1.29 bits per heavy atom. The predicted molar refractivity (Wildman–Crippen MR) is 90.0 cm³/mol. The van der Waals surface area contributed by atoms with Gasteiger partial charge in [0.1, 0.15) is 0 Å². The van der Waals surface area contributed by atoms with Gasteiger partial charge >= 0.3 is 0 Å². The number of aromatic nitrogens is 2. The van der Waals surface area contributed by atoms with Crippen molar-refractivity contribution < 1.29 is 4.52 Å². The lowest BCUT2D eigenvalue weighted by Crippen LogP contribution is -2.34. The Bertz CT molecular complexity index is 448. The van der Waals surface area contributed by atoms with Gasteiger partial charge in [0, 0.05) is 28.7 Å². The standard InChI is InChI=1S/C15H25N3OS2/c1-10-11(2)21-13(9-20-10)15-17-14(19-18-15)7-6-12-5-3-4-8-16-12/h10-13,16H,3-9H2,1-2H3. The molecule has 2 aliphatic heterocycles. The highest BCUT2D eigenvalue weighted by atomic mass is 32.2. The van der Waals surface area contributed by atoms with E-state index < -0.39 is 0 Å². The topological polar surface area (TPSA) is 51.0 Å². The van der Waals surface area contributed by atoms with Gasteiger partial charge in [-0.1, -0.05) is 25.4 Å². The second-order valence-corrected chi connectivity index (χ2v) is 9.10. The number of hydrogen-bond donors (Lipinski definition) is 1. The van der Waals surface area contributed by atoms with Gasteiger partial charge in [-0.2, -0.15) is 16.7 Å². The Labute approximate surface area is 135 Å². The minimum absolute atomic E-state index is 0.395. The fourth-order valence-electron chi connectivity index (χ4n) is 2.89. The number of hydrogen-bond acceptors (Lipinski definition) is 6. The Morgan fingerprint density at radius 3 is 2.95 bits per heavy atom. The Morgan fingerprint density at radius 2 is 2.19 bits per heavy atom. The van der Waals surface area contributed by atoms with Gasteiger partial charge < -0.3 is 9.84 Å². The van der Waals surface area contributed by atoms with Gasteiger partial charge in [-0.15, -0.1) is 11.8 Å². The molecule has 0 amide bonds. The molecule has 0 spiro atoms. The average molecular weight is 328 g/mol. The van der Waals surface area contributed by atoms with E-state index in [9.17, 15) is 0 Å². The van der Waals surface area contributed by atoms with Gasteiger partial charge in [0.25, 0.3) is 0 Å². The lowest BCUT2D eigenvalue weighted by molar-refractivity contribution is 0.340. The molecule has 4 unspecified atom stereocenters. The lowest BCUT2D eigenvalue weighted by atomic mass is 10.0. The van der Waals surface area contributed by atoms with E-state index >= 15 is 0 Å². The zero-order valence-electron chi connectivity index (χ0n) is 12.9. The van der Waals surface area contributed by atoms with Crippen LogP contribution in [0.3, 0.4) is 0 Å². The summed E-state index contributed by atoms with van der Waals surface area (Å²) in [6.45, 7) is 5.76. The molecule has 3 rings (SSSR count). The molecule has 2 fully saturated rings. The molecule has 1 aromatic rings. The molecular formula is C15H25N3OS2. The van der Waals surface area contributed by atoms with Crippen LogP contribution >= 0.6 is 23.5 Å². The van der Waals surface area contributed by atoms with Crippen LogP contribution in [0.25, 0.3) is 0 Å². The number of rotatable bonds is 4. The molecule has 6 heteroatoms. The molecule has 1 N–H and O–H groups in total. The van der Waals surface area contributed by atoms with E-state index in [2.05, 4.69) is 29.3 Å². The predicted octanol–water partition coefficient (Wildman–Crippen LogP) is 3.44. The summed E-state index contributed by atoms with van der Waals surface area (Å²) in [6, 6.07) is 0.634. The van der Waals surface area contributed by atoms with Crippen molar-refractivity contribution >= 4 is 23.5 Å². The van der Waals surface area contributed by atoms with Gasteiger partial charge in [-0.3, -0.25) is 0 Å². The van der Waals surface area contributed by atoms with E-state index in [0.29, 0.717) is 16.5 Å². The second kappa shape index (κ2) is 7.38. The first-order valence-corrected chi connectivity index (χ1v) is 10.0. The lowest BCUT2D eigenvalue weighted by Gasteiger charge is -2.29. The number of nitrogens with one attached hydrogen (secondary N) is 1. The van der Waals surface area contributed by atoms with Crippen molar-refractivity contribution in [1.82, 2.24) is 15.5 Å². The molecule has 2 aliphatic rings. The van der Waals surface area contributed by atoms with Crippen molar-refractivity contribution in [3.8, 4) is 0 Å². The van der Waals surface area contributed by atoms with Crippen LogP contribution in [0.2, 0.25) is 0 Å². The van der Waals surface area contributed by atoms with Gasteiger partial charge in [-0.25, -0.2) is 0 Å². The van der Waals surface area contributed by atoms with Crippen LogP contribution in [0.15, 0.2) is 4.52 Å². The summed E-state index contributed by atoms with van der Waals surface area (Å²) < 4.78 is 5.46. The van der Waals surface area contributed by atoms with Gasteiger partial charge in [0.2, 0.25) is 5.89 Å². The number of piperidine rings is 1. The van der Waals surface area contributed by atoms with E-state index in [4.69, 9.17) is 4.52 Å². The molecule has 0 aliphatic carbocycles. The van der Waals surface area contributed by atoms with Crippen molar-refractivity contribution in [3.05, 3.63) is 11.7 Å². The summed E-state index contributed by atoms with van der Waals surface area (Å²) in [4.78, 5) is 4.64. The molecule has 0 radical (unpaired) electrons. The van der Waals surface area contributed by atoms with Gasteiger partial charge in [0.15, 0.2) is 5.82 Å². The van der Waals surface area contributed by atoms with Crippen LogP contribution in [0, 0.1) is 0 Å². The first-order chi connectivity index (χ1) is 10.2. The van der Waals surface area contributed by atoms with E-state index in [1.165, 1.54) is 19.3 Å². The largest absolute Gasteiger partial charge is 0.339 e. The average Bonchev–Trinajstić information content (AvgIpc) is 2.98. The third kappa shape index (κ3) is 4.17. The van der Waals surface area contributed by atoms with Crippen LogP contribution in [0.5, 0.6) is 0 Å². The normalized spacial score (nSPS) is 34.0. The molecule has 2 saturated heterocycles. The van der Waals surface area contributed by atoms with Gasteiger partial charge in [-0.05, 0) is 25.8 Å². The summed E-state index contributed by atoms with van der Waals surface area (Å²) >= 11 is 4.01. The van der Waals surface area contributed by atoms with E-state index in [1.807, 2.05) is 23.5 Å². The molecule has 0 aromatic carbocycles. The highest BCUT2D eigenvalue weighted by molar-refractivity contribution is 8.07. The van der Waals surface area contributed by atoms with Crippen LogP contribution in [0.4, 0.5) is 0 Å². The Hall–Kier alpha value is -0.200. The van der Waals surface area contributed by atoms with Crippen LogP contribution < -0.4 is 5.32 Å². The second-order valence-electron chi connectivity index (χ2n) is 6.10. The molecule has 4 nitrogen and oxygen atoms in total. The first-order valence-electron chi connectivity index (χ1n) is 8.05. The van der Waals surface area contributed by atoms with E-state index in [1.54, 1.807) is 0 Å². The monoisotopic (exact) mass is 327 g/mol. The minimum atomic E-state index is 0.395. The number of thioether (sulfide) groups is 2. The minimum Gasteiger partial charge on any atom is -0.339 e. The Kier molecular flexibility index (Phi) is 5.51. The van der Waals surface area contributed by atoms with Crippen molar-refractivity contribution in [1.29, 1.82) is 0 Å². The number of nitrogens with zero attached hydrogens (tertiary/aromatic N) is 2. The SMILES string of the molecule is CC1SCC(c2noc(CCC3CCCCN3)n2)SC1C. The van der Waals surface area contributed by atoms with Crippen LogP contribution in [-0.4, -0.2) is 39.0 Å². The molecule has 4 atom stereocenters. The highest BCUT2D eigenvalue weighted by Gasteiger charge is 2.29. The summed E-state index contributed by atoms with van der Waals surface area (Å²) in [5.41, 5.74) is 0. The maximum absolute atomic E-state index is 5.46. The maximum Gasteiger partial charge on any atom is 0.226 e. The molecule has 0 bridgehead atoms. The fraction of sp³-hybridized carbons (Fsp3) is 0.867. The van der Waals surface area contributed by atoms with Gasteiger partial charge in [0.05, 0.1) is 5.25 Å². The third-order valence-corrected chi connectivity index (χ3v) is 7.83. The summed E-state index contributed by atoms with van der Waals surface area (Å²) in [5, 5.41) is 9.56. The molecular weight excluding hydrogens is 302 g/mol. The first kappa shape index (κ1) is 15.7. The molecule has 21 heavy (non-hydrogen) atoms. The summed E-state index contributed by atoms with van der Waals surface area (Å²) in [6.07, 6.45) is 5.96. The van der Waals surface area contributed by atoms with E-state index in [-0.39, 0.29) is 0 Å². The third-order valence-electron chi connectivity index (χ3n) is 4.44. The molecule has 118 valence electrons. The van der Waals surface area contributed by atoms with Crippen molar-refractivity contribution in [3.63, 3.8) is 0 Å². The van der Waals surface area contributed by atoms with E-state index in [0.717, 1.165) is 42.1 Å². The highest BCUT2D eigenvalue weighted by Crippen LogP contribution is 2.43. The fourth-order valence-corrected chi connectivity index (χ4v) is 5.72. The van der Waals surface area contributed by atoms with Crippen molar-refractivity contribution in [2.24, 2.45) is 0 Å². The molecule has 1 aromatic heterocycles. The number of aryl methyl sites for hydroxylation is 1. The van der Waals surface area contributed by atoms with Crippen LogP contribution in [0.1, 0.15) is 56.5 Å². The zero-order chi connectivity index (χ0) is 14.7. The molecule has 3 heterocycles. The van der Waals surface area contributed by atoms with Crippen molar-refractivity contribution in [2.45, 2.75) is 67.7 Å². The molecule has 0 saturated carbocycles. The quantitative estimate of drug-likeness (QED) is 0.914. The summed E-state index contributed by atoms with van der Waals surface area (Å²) in [5.74, 6) is 2.81. The summed E-state index contributed by atoms with van der Waals surface area (Å²) in [7, 11) is 0. The maximum atomic E-state index is 5.46. The van der Waals surface area contributed by atoms with Crippen molar-refractivity contribution in [2.75, 3.05) is 12.3 Å².